The molecule has 0 aromatic heterocycles. The SMILES string of the molecule is CCCSCC(=O)c1ccc(OCCc2ccccc2)c(C)c1. The predicted molar refractivity (Wildman–Crippen MR) is 98.8 cm³/mol. The fourth-order valence-electron chi connectivity index (χ4n) is 2.30. The first-order valence-corrected chi connectivity index (χ1v) is 9.24. The van der Waals surface area contributed by atoms with Gasteiger partial charge in [-0.3, -0.25) is 4.79 Å². The summed E-state index contributed by atoms with van der Waals surface area (Å²) < 4.78 is 5.86. The Hall–Kier alpha value is -1.74. The van der Waals surface area contributed by atoms with E-state index >= 15 is 0 Å². The van der Waals surface area contributed by atoms with E-state index < -0.39 is 0 Å². The number of ether oxygens (including phenoxy) is 1. The van der Waals surface area contributed by atoms with Crippen LogP contribution in [0.3, 0.4) is 0 Å². The first-order chi connectivity index (χ1) is 11.2. The topological polar surface area (TPSA) is 26.3 Å². The first kappa shape index (κ1) is 17.6. The fourth-order valence-corrected chi connectivity index (χ4v) is 3.09. The number of carbonyl (C=O) groups is 1. The van der Waals surface area contributed by atoms with E-state index in [4.69, 9.17) is 4.74 Å². The van der Waals surface area contributed by atoms with Crippen molar-refractivity contribution in [2.24, 2.45) is 0 Å². The number of benzene rings is 2. The van der Waals surface area contributed by atoms with Gasteiger partial charge in [0.2, 0.25) is 0 Å². The fraction of sp³-hybridized carbons (Fsp3) is 0.350. The highest BCUT2D eigenvalue weighted by molar-refractivity contribution is 7.99. The van der Waals surface area contributed by atoms with E-state index in [2.05, 4.69) is 19.1 Å². The Morgan fingerprint density at radius 3 is 2.61 bits per heavy atom. The van der Waals surface area contributed by atoms with Crippen LogP contribution in [0.2, 0.25) is 0 Å². The number of aryl methyl sites for hydroxylation is 1. The molecule has 0 bridgehead atoms. The first-order valence-electron chi connectivity index (χ1n) is 8.09. The van der Waals surface area contributed by atoms with Crippen molar-refractivity contribution in [1.29, 1.82) is 0 Å². The summed E-state index contributed by atoms with van der Waals surface area (Å²) in [4.78, 5) is 12.1. The summed E-state index contributed by atoms with van der Waals surface area (Å²) in [5, 5.41) is 0. The summed E-state index contributed by atoms with van der Waals surface area (Å²) in [5.41, 5.74) is 3.07. The maximum Gasteiger partial charge on any atom is 0.172 e. The number of rotatable bonds is 9. The normalized spacial score (nSPS) is 10.5. The van der Waals surface area contributed by atoms with E-state index in [1.54, 1.807) is 11.8 Å². The smallest absolute Gasteiger partial charge is 0.172 e. The second-order valence-electron chi connectivity index (χ2n) is 5.54. The minimum atomic E-state index is 0.197. The Labute approximate surface area is 143 Å². The average Bonchev–Trinajstić information content (AvgIpc) is 2.57. The predicted octanol–water partition coefficient (Wildman–Crippen LogP) is 4.94. The lowest BCUT2D eigenvalue weighted by Crippen LogP contribution is -2.06. The van der Waals surface area contributed by atoms with E-state index in [0.29, 0.717) is 12.4 Å². The van der Waals surface area contributed by atoms with Gasteiger partial charge in [-0.2, -0.15) is 11.8 Å². The molecule has 2 aromatic carbocycles. The van der Waals surface area contributed by atoms with E-state index in [-0.39, 0.29) is 5.78 Å². The van der Waals surface area contributed by atoms with Gasteiger partial charge in [0.15, 0.2) is 5.78 Å². The van der Waals surface area contributed by atoms with Crippen LogP contribution in [0.5, 0.6) is 5.75 Å². The van der Waals surface area contributed by atoms with Crippen LogP contribution in [0, 0.1) is 6.92 Å². The van der Waals surface area contributed by atoms with Crippen LogP contribution in [-0.2, 0) is 6.42 Å². The van der Waals surface area contributed by atoms with Crippen LogP contribution in [0.25, 0.3) is 0 Å². The molecular weight excluding hydrogens is 304 g/mol. The van der Waals surface area contributed by atoms with Gasteiger partial charge in [-0.05, 0) is 48.4 Å². The van der Waals surface area contributed by atoms with Gasteiger partial charge in [0.25, 0.3) is 0 Å². The summed E-state index contributed by atoms with van der Waals surface area (Å²) >= 11 is 1.70. The molecule has 23 heavy (non-hydrogen) atoms. The quantitative estimate of drug-likeness (QED) is 0.481. The van der Waals surface area contributed by atoms with Gasteiger partial charge in [-0.1, -0.05) is 37.3 Å². The summed E-state index contributed by atoms with van der Waals surface area (Å²) in [5.74, 6) is 2.65. The third-order valence-electron chi connectivity index (χ3n) is 3.57. The lowest BCUT2D eigenvalue weighted by molar-refractivity contribution is 0.102. The van der Waals surface area contributed by atoms with Gasteiger partial charge in [-0.25, -0.2) is 0 Å². The summed E-state index contributed by atoms with van der Waals surface area (Å²) in [6, 6.07) is 16.0. The molecule has 0 aliphatic carbocycles. The zero-order valence-electron chi connectivity index (χ0n) is 13.9. The molecule has 0 radical (unpaired) electrons. The molecule has 0 fully saturated rings. The van der Waals surface area contributed by atoms with Crippen molar-refractivity contribution in [1.82, 2.24) is 0 Å². The van der Waals surface area contributed by atoms with Crippen molar-refractivity contribution in [2.75, 3.05) is 18.1 Å². The second-order valence-corrected chi connectivity index (χ2v) is 6.65. The molecule has 122 valence electrons. The molecule has 0 unspecified atom stereocenters. The van der Waals surface area contributed by atoms with Crippen LogP contribution in [-0.4, -0.2) is 23.9 Å². The lowest BCUT2D eigenvalue weighted by atomic mass is 10.1. The van der Waals surface area contributed by atoms with Gasteiger partial charge in [0.1, 0.15) is 5.75 Å². The Bertz CT molecular complexity index is 623. The molecule has 0 amide bonds. The number of thioether (sulfide) groups is 1. The van der Waals surface area contributed by atoms with Gasteiger partial charge >= 0.3 is 0 Å². The molecule has 0 spiro atoms. The van der Waals surface area contributed by atoms with Crippen LogP contribution in [0.15, 0.2) is 48.5 Å². The molecule has 0 saturated carbocycles. The van der Waals surface area contributed by atoms with E-state index in [1.165, 1.54) is 5.56 Å². The third kappa shape index (κ3) is 5.76. The second kappa shape index (κ2) is 9.41. The molecule has 3 heteroatoms. The monoisotopic (exact) mass is 328 g/mol. The average molecular weight is 328 g/mol. The Morgan fingerprint density at radius 2 is 1.91 bits per heavy atom. The molecule has 0 atom stereocenters. The van der Waals surface area contributed by atoms with Crippen molar-refractivity contribution in [3.63, 3.8) is 0 Å². The molecule has 0 aliphatic rings. The van der Waals surface area contributed by atoms with Gasteiger partial charge < -0.3 is 4.74 Å². The number of Topliss-reactive ketones (excluding diaryl/α,β-unsaturated/α-hetero) is 1. The molecule has 0 heterocycles. The molecule has 2 aromatic rings. The van der Waals surface area contributed by atoms with Crippen molar-refractivity contribution < 1.29 is 9.53 Å². The largest absolute Gasteiger partial charge is 0.493 e. The maximum atomic E-state index is 12.1. The number of carbonyl (C=O) groups excluding carboxylic acids is 1. The van der Waals surface area contributed by atoms with Gasteiger partial charge in [0, 0.05) is 12.0 Å². The molecular formula is C20H24O2S. The number of hydrogen-bond acceptors (Lipinski definition) is 3. The summed E-state index contributed by atoms with van der Waals surface area (Å²) in [6.45, 7) is 4.77. The highest BCUT2D eigenvalue weighted by Crippen LogP contribution is 2.20. The van der Waals surface area contributed by atoms with Gasteiger partial charge in [-0.15, -0.1) is 0 Å². The standard InChI is InChI=1S/C20H24O2S/c1-3-13-23-15-19(21)18-9-10-20(16(2)14-18)22-12-11-17-7-5-4-6-8-17/h4-10,14H,3,11-13,15H2,1-2H3. The molecule has 2 nitrogen and oxygen atoms in total. The highest BCUT2D eigenvalue weighted by Gasteiger charge is 2.08. The summed E-state index contributed by atoms with van der Waals surface area (Å²) in [6.07, 6.45) is 1.99. The van der Waals surface area contributed by atoms with Crippen LogP contribution >= 0.6 is 11.8 Å². The van der Waals surface area contributed by atoms with Crippen LogP contribution < -0.4 is 4.74 Å². The van der Waals surface area contributed by atoms with E-state index in [1.807, 2.05) is 43.3 Å². The van der Waals surface area contributed by atoms with Crippen molar-refractivity contribution >= 4 is 17.5 Å². The van der Waals surface area contributed by atoms with E-state index in [0.717, 1.165) is 35.5 Å². The van der Waals surface area contributed by atoms with Crippen molar-refractivity contribution in [3.8, 4) is 5.75 Å². The minimum Gasteiger partial charge on any atom is -0.493 e. The molecule has 0 N–H and O–H groups in total. The molecule has 2 rings (SSSR count). The number of ketones is 1. The Kier molecular flexibility index (Phi) is 7.21. The molecule has 0 saturated heterocycles. The number of hydrogen-bond donors (Lipinski definition) is 0. The van der Waals surface area contributed by atoms with Gasteiger partial charge in [0.05, 0.1) is 12.4 Å². The van der Waals surface area contributed by atoms with Crippen LogP contribution in [0.1, 0.15) is 34.8 Å². The lowest BCUT2D eigenvalue weighted by Gasteiger charge is -2.10. The van der Waals surface area contributed by atoms with Crippen molar-refractivity contribution in [3.05, 3.63) is 65.2 Å². The van der Waals surface area contributed by atoms with E-state index in [9.17, 15) is 4.79 Å². The zero-order valence-corrected chi connectivity index (χ0v) is 14.7. The van der Waals surface area contributed by atoms with Crippen LogP contribution in [0.4, 0.5) is 0 Å². The summed E-state index contributed by atoms with van der Waals surface area (Å²) in [7, 11) is 0. The Balaban J connectivity index is 1.87. The minimum absolute atomic E-state index is 0.197. The molecule has 0 aliphatic heterocycles. The Morgan fingerprint density at radius 1 is 1.13 bits per heavy atom. The maximum absolute atomic E-state index is 12.1. The highest BCUT2D eigenvalue weighted by atomic mass is 32.2. The zero-order chi connectivity index (χ0) is 16.5. The third-order valence-corrected chi connectivity index (χ3v) is 4.73. The van der Waals surface area contributed by atoms with Crippen molar-refractivity contribution in [2.45, 2.75) is 26.7 Å².